The van der Waals surface area contributed by atoms with Gasteiger partial charge >= 0.3 is 5.97 Å². The van der Waals surface area contributed by atoms with Crippen LogP contribution >= 0.6 is 11.3 Å². The van der Waals surface area contributed by atoms with Crippen molar-refractivity contribution in [1.82, 2.24) is 0 Å². The maximum absolute atomic E-state index is 11.4. The molecule has 1 aliphatic rings. The lowest BCUT2D eigenvalue weighted by Gasteiger charge is -2.09. The van der Waals surface area contributed by atoms with Gasteiger partial charge in [-0.2, -0.15) is 0 Å². The van der Waals surface area contributed by atoms with Gasteiger partial charge in [0.1, 0.15) is 4.88 Å². The van der Waals surface area contributed by atoms with Crippen molar-refractivity contribution in [3.8, 4) is 0 Å². The quantitative estimate of drug-likeness (QED) is 0.818. The van der Waals surface area contributed by atoms with Crippen LogP contribution in [-0.4, -0.2) is 18.9 Å². The third-order valence-corrected chi connectivity index (χ3v) is 3.86. The van der Waals surface area contributed by atoms with Crippen LogP contribution in [0.2, 0.25) is 0 Å². The molecule has 0 amide bonds. The number of carbonyl (C=O) groups excluding carboxylic acids is 2. The summed E-state index contributed by atoms with van der Waals surface area (Å²) >= 11 is 1.28. The van der Waals surface area contributed by atoms with Crippen molar-refractivity contribution in [3.05, 3.63) is 21.9 Å². The van der Waals surface area contributed by atoms with Crippen LogP contribution in [0.3, 0.4) is 0 Å². The summed E-state index contributed by atoms with van der Waals surface area (Å²) in [6, 6.07) is 1.74. The Morgan fingerprint density at radius 1 is 1.47 bits per heavy atom. The van der Waals surface area contributed by atoms with E-state index in [2.05, 4.69) is 4.74 Å². The summed E-state index contributed by atoms with van der Waals surface area (Å²) in [5.41, 5.74) is 7.14. The van der Waals surface area contributed by atoms with E-state index < -0.39 is 5.97 Å². The van der Waals surface area contributed by atoms with E-state index in [-0.39, 0.29) is 5.78 Å². The molecule has 90 valence electrons. The number of hydrogen-bond acceptors (Lipinski definition) is 5. The summed E-state index contributed by atoms with van der Waals surface area (Å²) < 4.78 is 4.64. The first-order valence-electron chi connectivity index (χ1n) is 5.33. The molecule has 1 heterocycles. The van der Waals surface area contributed by atoms with Crippen molar-refractivity contribution in [1.29, 1.82) is 0 Å². The Kier molecular flexibility index (Phi) is 3.28. The van der Waals surface area contributed by atoms with Gasteiger partial charge in [-0.3, -0.25) is 4.79 Å². The summed E-state index contributed by atoms with van der Waals surface area (Å²) in [5, 5.41) is 0. The Bertz CT molecular complexity index is 502. The number of esters is 1. The molecule has 1 aromatic heterocycles. The minimum Gasteiger partial charge on any atom is -0.465 e. The fourth-order valence-electron chi connectivity index (χ4n) is 1.80. The molecule has 0 aliphatic heterocycles. The van der Waals surface area contributed by atoms with E-state index in [0.717, 1.165) is 23.3 Å². The number of anilines is 1. The van der Waals surface area contributed by atoms with Gasteiger partial charge < -0.3 is 10.5 Å². The molecule has 0 saturated carbocycles. The standard InChI is InChI=1S/C12H13NO3S/c1-16-12(15)11-9(13)6-10(17-11)7-3-2-4-8(14)5-7/h5-6H,2-4,13H2,1H3. The molecule has 17 heavy (non-hydrogen) atoms. The summed E-state index contributed by atoms with van der Waals surface area (Å²) in [6.45, 7) is 0. The summed E-state index contributed by atoms with van der Waals surface area (Å²) in [4.78, 5) is 24.0. The lowest BCUT2D eigenvalue weighted by Crippen LogP contribution is -2.01. The number of rotatable bonds is 2. The van der Waals surface area contributed by atoms with Gasteiger partial charge in [-0.25, -0.2) is 4.79 Å². The Hall–Kier alpha value is -1.62. The van der Waals surface area contributed by atoms with Crippen LogP contribution in [0.4, 0.5) is 5.69 Å². The topological polar surface area (TPSA) is 69.4 Å². The van der Waals surface area contributed by atoms with Crippen molar-refractivity contribution in [2.75, 3.05) is 12.8 Å². The van der Waals surface area contributed by atoms with Crippen LogP contribution in [0, 0.1) is 0 Å². The van der Waals surface area contributed by atoms with E-state index in [9.17, 15) is 9.59 Å². The molecule has 4 nitrogen and oxygen atoms in total. The molecule has 1 aliphatic carbocycles. The number of ketones is 1. The molecule has 0 atom stereocenters. The minimum atomic E-state index is -0.429. The lowest BCUT2D eigenvalue weighted by molar-refractivity contribution is -0.114. The molecule has 0 radical (unpaired) electrons. The average molecular weight is 251 g/mol. The Balaban J connectivity index is 2.34. The van der Waals surface area contributed by atoms with Crippen LogP contribution in [0.1, 0.15) is 33.8 Å². The fourth-order valence-corrected chi connectivity index (χ4v) is 2.84. The first kappa shape index (κ1) is 11.9. The second-order valence-corrected chi connectivity index (χ2v) is 4.93. The van der Waals surface area contributed by atoms with E-state index in [4.69, 9.17) is 5.73 Å². The number of hydrogen-bond donors (Lipinski definition) is 1. The zero-order valence-electron chi connectivity index (χ0n) is 9.49. The second-order valence-electron chi connectivity index (χ2n) is 3.88. The minimum absolute atomic E-state index is 0.137. The van der Waals surface area contributed by atoms with E-state index in [0.29, 0.717) is 17.0 Å². The first-order valence-corrected chi connectivity index (χ1v) is 6.15. The van der Waals surface area contributed by atoms with Gasteiger partial charge in [0.15, 0.2) is 5.78 Å². The molecule has 2 N–H and O–H groups in total. The summed E-state index contributed by atoms with van der Waals surface area (Å²) in [6.07, 6.45) is 3.96. The molecule has 5 heteroatoms. The van der Waals surface area contributed by atoms with Crippen molar-refractivity contribution in [3.63, 3.8) is 0 Å². The van der Waals surface area contributed by atoms with Gasteiger partial charge in [0, 0.05) is 11.3 Å². The molecule has 0 spiro atoms. The van der Waals surface area contributed by atoms with E-state index in [1.165, 1.54) is 18.4 Å². The highest BCUT2D eigenvalue weighted by Crippen LogP contribution is 2.34. The Morgan fingerprint density at radius 3 is 2.88 bits per heavy atom. The maximum atomic E-state index is 11.4. The van der Waals surface area contributed by atoms with Crippen molar-refractivity contribution >= 4 is 34.3 Å². The average Bonchev–Trinajstić information content (AvgIpc) is 2.70. The largest absolute Gasteiger partial charge is 0.465 e. The van der Waals surface area contributed by atoms with Crippen molar-refractivity contribution < 1.29 is 14.3 Å². The predicted octanol–water partition coefficient (Wildman–Crippen LogP) is 2.25. The molecule has 0 aromatic carbocycles. The SMILES string of the molecule is COC(=O)c1sc(C2=CC(=O)CCC2)cc1N. The zero-order chi connectivity index (χ0) is 12.4. The van der Waals surface area contributed by atoms with E-state index in [1.807, 2.05) is 0 Å². The van der Waals surface area contributed by atoms with Crippen molar-refractivity contribution in [2.24, 2.45) is 0 Å². The van der Waals surface area contributed by atoms with E-state index in [1.54, 1.807) is 12.1 Å². The van der Waals surface area contributed by atoms with Gasteiger partial charge in [0.2, 0.25) is 0 Å². The normalized spacial score (nSPS) is 15.6. The number of carbonyl (C=O) groups is 2. The predicted molar refractivity (Wildman–Crippen MR) is 66.9 cm³/mol. The van der Waals surface area contributed by atoms with Crippen LogP contribution in [0.5, 0.6) is 0 Å². The van der Waals surface area contributed by atoms with Crippen molar-refractivity contribution in [2.45, 2.75) is 19.3 Å². The molecule has 0 unspecified atom stereocenters. The zero-order valence-corrected chi connectivity index (χ0v) is 10.3. The number of nitrogens with two attached hydrogens (primary N) is 1. The van der Waals surface area contributed by atoms with Crippen LogP contribution in [0.15, 0.2) is 12.1 Å². The first-order chi connectivity index (χ1) is 8.11. The monoisotopic (exact) mass is 251 g/mol. The summed E-state index contributed by atoms with van der Waals surface area (Å²) in [5.74, 6) is -0.292. The Labute approximate surface area is 103 Å². The third kappa shape index (κ3) is 2.39. The highest BCUT2D eigenvalue weighted by molar-refractivity contribution is 7.15. The van der Waals surface area contributed by atoms with Gasteiger partial charge in [-0.05, 0) is 30.6 Å². The highest BCUT2D eigenvalue weighted by atomic mass is 32.1. The third-order valence-electron chi connectivity index (χ3n) is 2.65. The molecule has 0 bridgehead atoms. The van der Waals surface area contributed by atoms with Gasteiger partial charge in [0.25, 0.3) is 0 Å². The van der Waals surface area contributed by atoms with Crippen LogP contribution in [0.25, 0.3) is 5.57 Å². The van der Waals surface area contributed by atoms with E-state index >= 15 is 0 Å². The molecule has 1 aromatic rings. The number of methoxy groups -OCH3 is 1. The van der Waals surface area contributed by atoms with Crippen LogP contribution in [-0.2, 0) is 9.53 Å². The van der Waals surface area contributed by atoms with Gasteiger partial charge in [-0.1, -0.05) is 0 Å². The van der Waals surface area contributed by atoms with Gasteiger partial charge in [0.05, 0.1) is 12.8 Å². The lowest BCUT2D eigenvalue weighted by atomic mass is 9.97. The molecule has 0 saturated heterocycles. The molecular formula is C12H13NO3S. The smallest absolute Gasteiger partial charge is 0.350 e. The van der Waals surface area contributed by atoms with Gasteiger partial charge in [-0.15, -0.1) is 11.3 Å². The maximum Gasteiger partial charge on any atom is 0.350 e. The Morgan fingerprint density at radius 2 is 2.24 bits per heavy atom. The highest BCUT2D eigenvalue weighted by Gasteiger charge is 2.19. The van der Waals surface area contributed by atoms with Crippen LogP contribution < -0.4 is 5.73 Å². The number of thiophene rings is 1. The summed E-state index contributed by atoms with van der Waals surface area (Å²) in [7, 11) is 1.32. The molecule has 2 rings (SSSR count). The fraction of sp³-hybridized carbons (Fsp3) is 0.333. The number of nitrogen functional groups attached to an aromatic ring is 1. The number of allylic oxidation sites excluding steroid dienone is 2. The second kappa shape index (κ2) is 4.71. The number of ether oxygens (including phenoxy) is 1. The molecule has 0 fully saturated rings. The molecular weight excluding hydrogens is 238 g/mol.